The molecule has 9 aromatic carbocycles. The molecule has 0 amide bonds. The second kappa shape index (κ2) is 18.6. The largest absolute Gasteiger partial charge is 0.501 e. The van der Waals surface area contributed by atoms with E-state index in [4.69, 9.17) is 13.5 Å². The number of furan rings is 1. The Morgan fingerprint density at radius 2 is 1.30 bits per heavy atom. The molecule has 3 aromatic heterocycles. The molecule has 0 spiro atoms. The van der Waals surface area contributed by atoms with Gasteiger partial charge in [-0.25, -0.2) is 0 Å². The van der Waals surface area contributed by atoms with Crippen molar-refractivity contribution in [2.24, 2.45) is 0 Å². The van der Waals surface area contributed by atoms with Crippen molar-refractivity contribution in [3.8, 4) is 39.5 Å². The summed E-state index contributed by atoms with van der Waals surface area (Å²) in [6.07, 6.45) is 1.87. The SMILES string of the molecule is CC(C)(C)c1ccnc(-c2[c-]cccc2)c1.[2H]C([2H])([2H])c1c[c-]c(-c2nc3ccc4ccccc4c3n2-c2c(C(C)C)cc(-c3ccccc3)cc2C(C)C)c2oc3cc4c(ccc5ccccc54)cc3c12.[Ir]. The molecule has 347 valence electrons. The molecule has 0 N–H and O–H groups in total. The number of aromatic nitrogens is 3. The maximum absolute atomic E-state index is 8.66. The van der Waals surface area contributed by atoms with Crippen LogP contribution < -0.4 is 0 Å². The van der Waals surface area contributed by atoms with Gasteiger partial charge in [0.05, 0.1) is 22.4 Å². The van der Waals surface area contributed by atoms with Crippen LogP contribution in [-0.2, 0) is 25.5 Å². The molecule has 0 saturated carbocycles. The van der Waals surface area contributed by atoms with Gasteiger partial charge in [0.15, 0.2) is 0 Å². The summed E-state index contributed by atoms with van der Waals surface area (Å²) >= 11 is 0. The normalized spacial score (nSPS) is 12.7. The molecule has 12 aromatic rings. The van der Waals surface area contributed by atoms with E-state index in [1.54, 1.807) is 6.07 Å². The van der Waals surface area contributed by atoms with Crippen molar-refractivity contribution in [2.45, 2.75) is 72.6 Å². The summed E-state index contributed by atoms with van der Waals surface area (Å²) in [5.41, 5.74) is 13.1. The van der Waals surface area contributed by atoms with Crippen molar-refractivity contribution in [3.63, 3.8) is 0 Å². The zero-order valence-electron chi connectivity index (χ0n) is 43.5. The summed E-state index contributed by atoms with van der Waals surface area (Å²) in [5, 5.41) is 7.84. The van der Waals surface area contributed by atoms with E-state index < -0.39 is 6.85 Å². The van der Waals surface area contributed by atoms with E-state index in [-0.39, 0.29) is 42.9 Å². The Morgan fingerprint density at radius 1 is 0.629 bits per heavy atom. The van der Waals surface area contributed by atoms with Gasteiger partial charge >= 0.3 is 0 Å². The minimum Gasteiger partial charge on any atom is -0.501 e. The Kier molecular flexibility index (Phi) is 11.4. The number of imidazole rings is 1. The fraction of sp³-hybridized carbons (Fsp3) is 0.169. The van der Waals surface area contributed by atoms with Gasteiger partial charge in [-0.05, 0) is 114 Å². The number of nitrogens with zero attached hydrogens (tertiary/aromatic N) is 3. The summed E-state index contributed by atoms with van der Waals surface area (Å²) in [6, 6.07) is 65.0. The van der Waals surface area contributed by atoms with Gasteiger partial charge in [-0.3, -0.25) is 4.98 Å². The Morgan fingerprint density at radius 3 is 2.00 bits per heavy atom. The van der Waals surface area contributed by atoms with Gasteiger partial charge in [-0.2, -0.15) is 0 Å². The van der Waals surface area contributed by atoms with E-state index in [0.717, 1.165) is 65.7 Å². The smallest absolute Gasteiger partial charge is 0.121 e. The molecular formula is C65H55IrN3O-2. The van der Waals surface area contributed by atoms with Crippen molar-refractivity contribution >= 4 is 65.3 Å². The fourth-order valence-corrected chi connectivity index (χ4v) is 9.93. The van der Waals surface area contributed by atoms with Crippen molar-refractivity contribution < 1.29 is 28.6 Å². The van der Waals surface area contributed by atoms with Crippen LogP contribution in [0.1, 0.15) is 86.7 Å². The van der Waals surface area contributed by atoms with E-state index in [1.807, 2.05) is 42.6 Å². The van der Waals surface area contributed by atoms with Crippen LogP contribution >= 0.6 is 0 Å². The van der Waals surface area contributed by atoms with E-state index in [1.165, 1.54) is 27.8 Å². The van der Waals surface area contributed by atoms with Crippen molar-refractivity contribution in [1.82, 2.24) is 14.5 Å². The number of hydrogen-bond acceptors (Lipinski definition) is 3. The monoisotopic (exact) mass is 1090 g/mol. The summed E-state index contributed by atoms with van der Waals surface area (Å²) in [6.45, 7) is 13.2. The van der Waals surface area contributed by atoms with Gasteiger partial charge < -0.3 is 14.0 Å². The molecule has 0 atom stereocenters. The van der Waals surface area contributed by atoms with Crippen LogP contribution in [0.5, 0.6) is 0 Å². The minimum atomic E-state index is -2.40. The zero-order chi connectivity index (χ0) is 50.1. The molecule has 0 aliphatic heterocycles. The number of hydrogen-bond donors (Lipinski definition) is 0. The third-order valence-corrected chi connectivity index (χ3v) is 13.5. The van der Waals surface area contributed by atoms with E-state index >= 15 is 0 Å². The molecule has 12 rings (SSSR count). The molecule has 1 radical (unpaired) electrons. The fourth-order valence-electron chi connectivity index (χ4n) is 9.93. The summed E-state index contributed by atoms with van der Waals surface area (Å²) in [5.74, 6) is 0.993. The predicted octanol–water partition coefficient (Wildman–Crippen LogP) is 17.9. The van der Waals surface area contributed by atoms with Crippen LogP contribution in [0.4, 0.5) is 0 Å². The predicted molar refractivity (Wildman–Crippen MR) is 291 cm³/mol. The van der Waals surface area contributed by atoms with E-state index in [2.05, 4.69) is 198 Å². The van der Waals surface area contributed by atoms with Crippen LogP contribution in [0.2, 0.25) is 0 Å². The molecular weight excluding hydrogens is 1030 g/mol. The molecule has 3 heterocycles. The van der Waals surface area contributed by atoms with E-state index in [0.29, 0.717) is 27.9 Å². The van der Waals surface area contributed by atoms with Gasteiger partial charge in [-0.1, -0.05) is 169 Å². The first-order chi connectivity index (χ1) is 34.6. The summed E-state index contributed by atoms with van der Waals surface area (Å²) in [4.78, 5) is 9.82. The quantitative estimate of drug-likeness (QED) is 0.123. The maximum Gasteiger partial charge on any atom is 0.121 e. The standard InChI is InChI=1S/C50H39N2O.C15H16N.Ir/c1-29(2)40-26-36(32-13-7-6-8-14-32)27-41(30(3)4)47(40)52-48-38-18-12-10-16-34(38)22-24-44(48)51-50(52)39-23-19-31(5)46-43-25-35-21-20-33-15-9-11-17-37(33)42(35)28-45(43)53-49(39)46;1-15(2,3)13-9-10-16-14(11-13)12-7-5-4-6-8-12;/h6-22,24-30H,1-5H3;4-7,9-11H,1-3H3;/q2*-1;/i5D3;;. The average molecular weight is 1090 g/mol. The van der Waals surface area contributed by atoms with Gasteiger partial charge in [0.1, 0.15) is 5.58 Å². The molecule has 0 saturated heterocycles. The minimum absolute atomic E-state index is 0. The third-order valence-electron chi connectivity index (χ3n) is 13.5. The molecule has 4 nitrogen and oxygen atoms in total. The van der Waals surface area contributed by atoms with E-state index in [9.17, 15) is 0 Å². The Hall–Kier alpha value is -7.17. The van der Waals surface area contributed by atoms with Gasteiger partial charge in [-0.15, -0.1) is 53.6 Å². The Balaban J connectivity index is 0.000000307. The van der Waals surface area contributed by atoms with Crippen molar-refractivity contribution in [3.05, 3.63) is 210 Å². The maximum atomic E-state index is 8.66. The molecule has 0 aliphatic carbocycles. The average Bonchev–Trinajstić information content (AvgIpc) is 3.96. The first-order valence-corrected chi connectivity index (χ1v) is 23.9. The third kappa shape index (κ3) is 8.31. The Labute approximate surface area is 428 Å². The van der Waals surface area contributed by atoms with Crippen LogP contribution in [0, 0.1) is 19.0 Å². The number of benzene rings is 9. The molecule has 70 heavy (non-hydrogen) atoms. The molecule has 0 fully saturated rings. The number of aryl methyl sites for hydroxylation is 1. The zero-order valence-corrected chi connectivity index (χ0v) is 42.9. The second-order valence-electron chi connectivity index (χ2n) is 19.8. The molecule has 5 heteroatoms. The first-order valence-electron chi connectivity index (χ1n) is 25.4. The topological polar surface area (TPSA) is 43.9 Å². The van der Waals surface area contributed by atoms with Crippen LogP contribution in [0.25, 0.3) is 105 Å². The van der Waals surface area contributed by atoms with Gasteiger partial charge in [0, 0.05) is 46.9 Å². The van der Waals surface area contributed by atoms with Crippen molar-refractivity contribution in [1.29, 1.82) is 0 Å². The first kappa shape index (κ1) is 42.9. The van der Waals surface area contributed by atoms with Crippen LogP contribution in [0.3, 0.4) is 0 Å². The van der Waals surface area contributed by atoms with Gasteiger partial charge in [0.2, 0.25) is 0 Å². The molecule has 0 bridgehead atoms. The Bertz CT molecular complexity index is 3990. The van der Waals surface area contributed by atoms with Crippen molar-refractivity contribution in [2.75, 3.05) is 0 Å². The summed E-state index contributed by atoms with van der Waals surface area (Å²) in [7, 11) is 0. The second-order valence-corrected chi connectivity index (χ2v) is 19.8. The number of rotatable bonds is 6. The molecule has 0 aliphatic rings. The molecule has 0 unspecified atom stereocenters. The summed E-state index contributed by atoms with van der Waals surface area (Å²) < 4.78 is 35.2. The van der Waals surface area contributed by atoms with Gasteiger partial charge in [0.25, 0.3) is 0 Å². The van der Waals surface area contributed by atoms with Crippen LogP contribution in [0.15, 0.2) is 180 Å². The van der Waals surface area contributed by atoms with Crippen LogP contribution in [-0.4, -0.2) is 14.5 Å². The number of pyridine rings is 1. The number of fused-ring (bicyclic) bond motifs is 9.